The molecule has 0 fully saturated rings. The molecule has 0 bridgehead atoms. The largest absolute Gasteiger partial charge is 0.385 e. The summed E-state index contributed by atoms with van der Waals surface area (Å²) in [5, 5.41) is 8.79. The molecule has 0 N–H and O–H groups in total. The van der Waals surface area contributed by atoms with Crippen LogP contribution < -0.4 is 0 Å². The Labute approximate surface area is 69.2 Å². The van der Waals surface area contributed by atoms with Crippen LogP contribution in [-0.4, -0.2) is 13.7 Å². The molecular formula is C9H17NO. The molecule has 0 spiro atoms. The summed E-state index contributed by atoms with van der Waals surface area (Å²) in [5.41, 5.74) is -0.140. The Morgan fingerprint density at radius 2 is 2.18 bits per heavy atom. The number of nitrogens with zero attached hydrogens (tertiary/aromatic N) is 1. The first-order valence-electron chi connectivity index (χ1n) is 4.08. The Bertz CT molecular complexity index is 139. The van der Waals surface area contributed by atoms with Gasteiger partial charge in [0.15, 0.2) is 0 Å². The predicted octanol–water partition coefficient (Wildman–Crippen LogP) is 2.35. The summed E-state index contributed by atoms with van der Waals surface area (Å²) in [6, 6.07) is 2.33. The van der Waals surface area contributed by atoms with Gasteiger partial charge in [0, 0.05) is 13.7 Å². The van der Waals surface area contributed by atoms with Crippen LogP contribution in [0.1, 0.15) is 33.1 Å². The maximum atomic E-state index is 8.79. The number of nitriles is 1. The summed E-state index contributed by atoms with van der Waals surface area (Å²) in [5.74, 6) is 0. The lowest BCUT2D eigenvalue weighted by molar-refractivity contribution is 0.181. The zero-order chi connectivity index (χ0) is 8.74. The zero-order valence-corrected chi connectivity index (χ0v) is 7.68. The molecule has 0 saturated carbocycles. The van der Waals surface area contributed by atoms with Gasteiger partial charge in [-0.25, -0.2) is 0 Å². The summed E-state index contributed by atoms with van der Waals surface area (Å²) in [6.45, 7) is 4.82. The standard InChI is InChI=1S/C9H17NO/c1-4-9(2,8-10)6-5-7-11-3/h4-7H2,1-3H3. The lowest BCUT2D eigenvalue weighted by atomic mass is 9.85. The number of hydrogen-bond donors (Lipinski definition) is 0. The first-order valence-corrected chi connectivity index (χ1v) is 4.08. The normalized spacial score (nSPS) is 15.5. The van der Waals surface area contributed by atoms with Gasteiger partial charge in [0.1, 0.15) is 0 Å². The average molecular weight is 155 g/mol. The Kier molecular flexibility index (Phi) is 4.89. The van der Waals surface area contributed by atoms with Crippen molar-refractivity contribution in [2.45, 2.75) is 33.1 Å². The second-order valence-electron chi connectivity index (χ2n) is 3.12. The summed E-state index contributed by atoms with van der Waals surface area (Å²) in [7, 11) is 1.69. The Balaban J connectivity index is 3.63. The molecule has 0 aliphatic rings. The highest BCUT2D eigenvalue weighted by Gasteiger charge is 2.19. The highest BCUT2D eigenvalue weighted by atomic mass is 16.5. The lowest BCUT2D eigenvalue weighted by Crippen LogP contribution is -2.12. The van der Waals surface area contributed by atoms with Crippen molar-refractivity contribution in [3.8, 4) is 6.07 Å². The highest BCUT2D eigenvalue weighted by Crippen LogP contribution is 2.25. The fourth-order valence-corrected chi connectivity index (χ4v) is 0.918. The van der Waals surface area contributed by atoms with Gasteiger partial charge in [-0.3, -0.25) is 0 Å². The molecule has 0 aromatic heterocycles. The minimum absolute atomic E-state index is 0.140. The quantitative estimate of drug-likeness (QED) is 0.571. The summed E-state index contributed by atoms with van der Waals surface area (Å²) >= 11 is 0. The van der Waals surface area contributed by atoms with Crippen LogP contribution in [0.5, 0.6) is 0 Å². The monoisotopic (exact) mass is 155 g/mol. The molecular weight excluding hydrogens is 138 g/mol. The molecule has 2 nitrogen and oxygen atoms in total. The van der Waals surface area contributed by atoms with E-state index in [9.17, 15) is 0 Å². The fourth-order valence-electron chi connectivity index (χ4n) is 0.918. The van der Waals surface area contributed by atoms with E-state index in [1.165, 1.54) is 0 Å². The van der Waals surface area contributed by atoms with E-state index in [4.69, 9.17) is 10.00 Å². The molecule has 0 radical (unpaired) electrons. The van der Waals surface area contributed by atoms with Gasteiger partial charge in [-0.2, -0.15) is 5.26 Å². The number of methoxy groups -OCH3 is 1. The molecule has 0 aliphatic carbocycles. The zero-order valence-electron chi connectivity index (χ0n) is 7.68. The third kappa shape index (κ3) is 4.00. The van der Waals surface area contributed by atoms with Gasteiger partial charge >= 0.3 is 0 Å². The van der Waals surface area contributed by atoms with E-state index < -0.39 is 0 Å². The average Bonchev–Trinajstić information content (AvgIpc) is 2.05. The minimum atomic E-state index is -0.140. The summed E-state index contributed by atoms with van der Waals surface area (Å²) in [6.07, 6.45) is 2.84. The molecule has 1 atom stereocenters. The molecule has 1 unspecified atom stereocenters. The van der Waals surface area contributed by atoms with E-state index in [1.54, 1.807) is 7.11 Å². The van der Waals surface area contributed by atoms with Crippen LogP contribution in [0.3, 0.4) is 0 Å². The van der Waals surface area contributed by atoms with E-state index in [0.29, 0.717) is 0 Å². The smallest absolute Gasteiger partial charge is 0.0686 e. The van der Waals surface area contributed by atoms with Crippen molar-refractivity contribution in [2.75, 3.05) is 13.7 Å². The third-order valence-corrected chi connectivity index (χ3v) is 2.13. The number of ether oxygens (including phenoxy) is 1. The molecule has 0 amide bonds. The van der Waals surface area contributed by atoms with Gasteiger partial charge in [-0.1, -0.05) is 6.92 Å². The van der Waals surface area contributed by atoms with Crippen molar-refractivity contribution in [1.82, 2.24) is 0 Å². The summed E-state index contributed by atoms with van der Waals surface area (Å²) < 4.78 is 4.92. The molecule has 0 aliphatic heterocycles. The lowest BCUT2D eigenvalue weighted by Gasteiger charge is -2.18. The molecule has 0 aromatic carbocycles. The molecule has 0 aromatic rings. The molecule has 64 valence electrons. The highest BCUT2D eigenvalue weighted by molar-refractivity contribution is 4.93. The van der Waals surface area contributed by atoms with Crippen molar-refractivity contribution >= 4 is 0 Å². The van der Waals surface area contributed by atoms with Gasteiger partial charge in [-0.05, 0) is 26.2 Å². The Morgan fingerprint density at radius 3 is 2.55 bits per heavy atom. The van der Waals surface area contributed by atoms with Crippen LogP contribution in [0, 0.1) is 16.7 Å². The van der Waals surface area contributed by atoms with Gasteiger partial charge < -0.3 is 4.74 Å². The van der Waals surface area contributed by atoms with Crippen LogP contribution >= 0.6 is 0 Å². The molecule has 2 heteroatoms. The first-order chi connectivity index (χ1) is 5.18. The third-order valence-electron chi connectivity index (χ3n) is 2.13. The van der Waals surface area contributed by atoms with Crippen molar-refractivity contribution in [3.63, 3.8) is 0 Å². The number of rotatable bonds is 5. The van der Waals surface area contributed by atoms with E-state index in [1.807, 2.05) is 6.92 Å². The van der Waals surface area contributed by atoms with Crippen LogP contribution in [0.4, 0.5) is 0 Å². The fraction of sp³-hybridized carbons (Fsp3) is 0.889. The van der Waals surface area contributed by atoms with Crippen LogP contribution in [0.2, 0.25) is 0 Å². The molecule has 11 heavy (non-hydrogen) atoms. The molecule has 0 rings (SSSR count). The SMILES string of the molecule is CCC(C)(C#N)CCCOC. The van der Waals surface area contributed by atoms with E-state index in [2.05, 4.69) is 13.0 Å². The van der Waals surface area contributed by atoms with Crippen molar-refractivity contribution in [3.05, 3.63) is 0 Å². The minimum Gasteiger partial charge on any atom is -0.385 e. The van der Waals surface area contributed by atoms with Crippen LogP contribution in [-0.2, 0) is 4.74 Å². The Hall–Kier alpha value is -0.550. The second kappa shape index (κ2) is 5.15. The predicted molar refractivity (Wildman–Crippen MR) is 45.1 cm³/mol. The van der Waals surface area contributed by atoms with E-state index in [0.717, 1.165) is 25.9 Å². The molecule has 0 heterocycles. The number of hydrogen-bond acceptors (Lipinski definition) is 2. The van der Waals surface area contributed by atoms with Gasteiger partial charge in [0.25, 0.3) is 0 Å². The van der Waals surface area contributed by atoms with E-state index in [-0.39, 0.29) is 5.41 Å². The van der Waals surface area contributed by atoms with Gasteiger partial charge in [0.2, 0.25) is 0 Å². The second-order valence-corrected chi connectivity index (χ2v) is 3.12. The van der Waals surface area contributed by atoms with Crippen LogP contribution in [0.25, 0.3) is 0 Å². The maximum absolute atomic E-state index is 8.79. The molecule has 0 saturated heterocycles. The maximum Gasteiger partial charge on any atom is 0.0686 e. The van der Waals surface area contributed by atoms with E-state index >= 15 is 0 Å². The summed E-state index contributed by atoms with van der Waals surface area (Å²) in [4.78, 5) is 0. The van der Waals surface area contributed by atoms with Crippen molar-refractivity contribution < 1.29 is 4.74 Å². The first kappa shape index (κ1) is 10.4. The topological polar surface area (TPSA) is 33.0 Å². The van der Waals surface area contributed by atoms with Crippen molar-refractivity contribution in [1.29, 1.82) is 5.26 Å². The van der Waals surface area contributed by atoms with Crippen molar-refractivity contribution in [2.24, 2.45) is 5.41 Å². The van der Waals surface area contributed by atoms with Gasteiger partial charge in [0.05, 0.1) is 11.5 Å². The Morgan fingerprint density at radius 1 is 1.55 bits per heavy atom. The van der Waals surface area contributed by atoms with Gasteiger partial charge in [-0.15, -0.1) is 0 Å². The van der Waals surface area contributed by atoms with Crippen LogP contribution in [0.15, 0.2) is 0 Å².